The van der Waals surface area contributed by atoms with Crippen LogP contribution in [0.1, 0.15) is 41.7 Å². The molecule has 1 saturated heterocycles. The van der Waals surface area contributed by atoms with Crippen molar-refractivity contribution in [3.8, 4) is 5.82 Å². The number of rotatable bonds is 5. The minimum absolute atomic E-state index is 0.0741. The Morgan fingerprint density at radius 2 is 2.19 bits per heavy atom. The van der Waals surface area contributed by atoms with E-state index in [2.05, 4.69) is 19.6 Å². The van der Waals surface area contributed by atoms with E-state index in [1.165, 1.54) is 6.42 Å². The maximum Gasteiger partial charge on any atom is 0.257 e. The lowest BCUT2D eigenvalue weighted by Crippen LogP contribution is -2.44. The van der Waals surface area contributed by atoms with Gasteiger partial charge in [0.2, 0.25) is 0 Å². The molecule has 1 unspecified atom stereocenters. The van der Waals surface area contributed by atoms with Gasteiger partial charge in [0.05, 0.1) is 23.8 Å². The van der Waals surface area contributed by atoms with Crippen molar-refractivity contribution >= 4 is 5.91 Å². The van der Waals surface area contributed by atoms with Crippen LogP contribution in [0.5, 0.6) is 0 Å². The van der Waals surface area contributed by atoms with Gasteiger partial charge in [-0.3, -0.25) is 4.79 Å². The van der Waals surface area contributed by atoms with Crippen LogP contribution in [0.2, 0.25) is 0 Å². The van der Waals surface area contributed by atoms with Crippen molar-refractivity contribution in [2.75, 3.05) is 6.54 Å². The Hall–Kier alpha value is -2.96. The molecule has 0 saturated carbocycles. The number of aryl methyl sites for hydroxylation is 1. The van der Waals surface area contributed by atoms with Gasteiger partial charge in [-0.05, 0) is 44.7 Å². The lowest BCUT2D eigenvalue weighted by Gasteiger charge is -2.36. The molecular weight excluding hydrogens is 340 g/mol. The highest BCUT2D eigenvalue weighted by molar-refractivity contribution is 5.95. The number of hydrogen-bond acceptors (Lipinski definition) is 4. The highest BCUT2D eigenvalue weighted by atomic mass is 16.2. The summed E-state index contributed by atoms with van der Waals surface area (Å²) in [5.41, 5.74) is 1.49. The third-order valence-electron chi connectivity index (χ3n) is 5.27. The highest BCUT2D eigenvalue weighted by Crippen LogP contribution is 2.24. The largest absolute Gasteiger partial charge is 0.337 e. The molecule has 4 rings (SSSR count). The van der Waals surface area contributed by atoms with E-state index in [4.69, 9.17) is 0 Å². The number of carbonyl (C=O) groups is 1. The van der Waals surface area contributed by atoms with Crippen molar-refractivity contribution in [1.82, 2.24) is 29.2 Å². The van der Waals surface area contributed by atoms with Crippen LogP contribution in [0.3, 0.4) is 0 Å². The fourth-order valence-corrected chi connectivity index (χ4v) is 3.77. The van der Waals surface area contributed by atoms with Crippen LogP contribution < -0.4 is 0 Å². The summed E-state index contributed by atoms with van der Waals surface area (Å²) in [5, 5.41) is 4.41. The Balaban J connectivity index is 1.52. The molecule has 3 aromatic rings. The molecule has 7 heteroatoms. The van der Waals surface area contributed by atoms with Gasteiger partial charge in [0.25, 0.3) is 5.91 Å². The van der Waals surface area contributed by atoms with Gasteiger partial charge in [-0.25, -0.2) is 14.6 Å². The predicted octanol–water partition coefficient (Wildman–Crippen LogP) is 2.86. The van der Waals surface area contributed by atoms with Gasteiger partial charge in [0.15, 0.2) is 5.82 Å². The number of pyridine rings is 1. The Kier molecular flexibility index (Phi) is 5.00. The molecule has 7 nitrogen and oxygen atoms in total. The summed E-state index contributed by atoms with van der Waals surface area (Å²) in [7, 11) is 0. The highest BCUT2D eigenvalue weighted by Gasteiger charge is 2.29. The standard InChI is InChI=1S/C20H24N6O/c1-16-18(14-23-26(16)19-7-2-4-9-22-19)20(27)25-11-5-3-6-17(25)8-12-24-13-10-21-15-24/h2,4,7,9-10,13-15,17H,3,5-6,8,11-12H2,1H3. The fourth-order valence-electron chi connectivity index (χ4n) is 3.77. The molecular formula is C20H24N6O. The van der Waals surface area contributed by atoms with Crippen LogP contribution in [0.4, 0.5) is 0 Å². The van der Waals surface area contributed by atoms with Crippen molar-refractivity contribution in [3.63, 3.8) is 0 Å². The molecule has 1 aliphatic rings. The number of imidazole rings is 1. The van der Waals surface area contributed by atoms with Crippen LogP contribution >= 0.6 is 0 Å². The topological polar surface area (TPSA) is 68.8 Å². The second-order valence-electron chi connectivity index (χ2n) is 6.98. The number of carbonyl (C=O) groups excluding carboxylic acids is 1. The second kappa shape index (κ2) is 7.73. The minimum atomic E-state index is 0.0741. The molecule has 1 aliphatic heterocycles. The minimum Gasteiger partial charge on any atom is -0.337 e. The first-order valence-corrected chi connectivity index (χ1v) is 9.47. The molecule has 0 spiro atoms. The van der Waals surface area contributed by atoms with Crippen LogP contribution in [0, 0.1) is 6.92 Å². The zero-order chi connectivity index (χ0) is 18.6. The molecule has 1 amide bonds. The zero-order valence-electron chi connectivity index (χ0n) is 15.5. The van der Waals surface area contributed by atoms with E-state index in [0.29, 0.717) is 5.56 Å². The van der Waals surface area contributed by atoms with E-state index in [1.54, 1.807) is 23.3 Å². The monoisotopic (exact) mass is 364 g/mol. The number of hydrogen-bond donors (Lipinski definition) is 0. The zero-order valence-corrected chi connectivity index (χ0v) is 15.5. The quantitative estimate of drug-likeness (QED) is 0.698. The number of likely N-dealkylation sites (tertiary alicyclic amines) is 1. The lowest BCUT2D eigenvalue weighted by molar-refractivity contribution is 0.0594. The smallest absolute Gasteiger partial charge is 0.257 e. The van der Waals surface area contributed by atoms with Gasteiger partial charge < -0.3 is 9.47 Å². The number of aromatic nitrogens is 5. The molecule has 0 N–H and O–H groups in total. The van der Waals surface area contributed by atoms with E-state index < -0.39 is 0 Å². The summed E-state index contributed by atoms with van der Waals surface area (Å²) in [5.74, 6) is 0.800. The Labute approximate surface area is 158 Å². The summed E-state index contributed by atoms with van der Waals surface area (Å²) in [6, 6.07) is 5.93. The van der Waals surface area contributed by atoms with E-state index in [-0.39, 0.29) is 11.9 Å². The third kappa shape index (κ3) is 3.63. The summed E-state index contributed by atoms with van der Waals surface area (Å²) in [4.78, 5) is 23.7. The van der Waals surface area contributed by atoms with Gasteiger partial charge in [0.1, 0.15) is 0 Å². The maximum atomic E-state index is 13.3. The molecule has 140 valence electrons. The fraction of sp³-hybridized carbons (Fsp3) is 0.400. The van der Waals surface area contributed by atoms with Crippen LogP contribution in [0.15, 0.2) is 49.3 Å². The molecule has 0 radical (unpaired) electrons. The first-order valence-electron chi connectivity index (χ1n) is 9.47. The van der Waals surface area contributed by atoms with E-state index in [1.807, 2.05) is 42.5 Å². The normalized spacial score (nSPS) is 17.2. The summed E-state index contributed by atoms with van der Waals surface area (Å²) in [6.45, 7) is 3.61. The Morgan fingerprint density at radius 3 is 2.96 bits per heavy atom. The maximum absolute atomic E-state index is 13.3. The first kappa shape index (κ1) is 17.5. The van der Waals surface area contributed by atoms with E-state index in [9.17, 15) is 4.79 Å². The summed E-state index contributed by atoms with van der Waals surface area (Å²) in [6.07, 6.45) is 13.2. The average molecular weight is 364 g/mol. The molecule has 0 aliphatic carbocycles. The second-order valence-corrected chi connectivity index (χ2v) is 6.98. The van der Waals surface area contributed by atoms with Gasteiger partial charge in [0, 0.05) is 37.7 Å². The van der Waals surface area contributed by atoms with Crippen molar-refractivity contribution in [2.24, 2.45) is 0 Å². The Bertz CT molecular complexity index is 887. The number of piperidine rings is 1. The van der Waals surface area contributed by atoms with Gasteiger partial charge in [-0.1, -0.05) is 6.07 Å². The van der Waals surface area contributed by atoms with Crippen molar-refractivity contribution in [3.05, 3.63) is 60.6 Å². The predicted molar refractivity (Wildman–Crippen MR) is 102 cm³/mol. The van der Waals surface area contributed by atoms with Crippen LogP contribution in [0.25, 0.3) is 5.82 Å². The summed E-state index contributed by atoms with van der Waals surface area (Å²) >= 11 is 0. The molecule has 27 heavy (non-hydrogen) atoms. The molecule has 0 aromatic carbocycles. The lowest BCUT2D eigenvalue weighted by atomic mass is 9.98. The third-order valence-corrected chi connectivity index (χ3v) is 5.27. The van der Waals surface area contributed by atoms with Crippen molar-refractivity contribution < 1.29 is 4.79 Å². The van der Waals surface area contributed by atoms with Gasteiger partial charge >= 0.3 is 0 Å². The molecule has 1 fully saturated rings. The van der Waals surface area contributed by atoms with Crippen LogP contribution in [-0.2, 0) is 6.54 Å². The average Bonchev–Trinajstić information content (AvgIpc) is 3.36. The van der Waals surface area contributed by atoms with Crippen molar-refractivity contribution in [2.45, 2.75) is 45.2 Å². The number of nitrogens with zero attached hydrogens (tertiary/aromatic N) is 6. The summed E-state index contributed by atoms with van der Waals surface area (Å²) < 4.78 is 3.80. The molecule has 3 aromatic heterocycles. The van der Waals surface area contributed by atoms with Gasteiger partial charge in [-0.2, -0.15) is 5.10 Å². The Morgan fingerprint density at radius 1 is 1.26 bits per heavy atom. The number of amides is 1. The molecule has 4 heterocycles. The van der Waals surface area contributed by atoms with E-state index in [0.717, 1.165) is 43.9 Å². The SMILES string of the molecule is Cc1c(C(=O)N2CCCCC2CCn2ccnc2)cnn1-c1ccccn1. The molecule has 0 bridgehead atoms. The van der Waals surface area contributed by atoms with Gasteiger partial charge in [-0.15, -0.1) is 0 Å². The first-order chi connectivity index (χ1) is 13.2. The van der Waals surface area contributed by atoms with Crippen LogP contribution in [-0.4, -0.2) is 47.7 Å². The molecule has 1 atom stereocenters. The van der Waals surface area contributed by atoms with E-state index >= 15 is 0 Å². The van der Waals surface area contributed by atoms with Crippen molar-refractivity contribution in [1.29, 1.82) is 0 Å².